The number of hydrogen-bond donors (Lipinski definition) is 2. The van der Waals surface area contributed by atoms with Gasteiger partial charge in [-0.2, -0.15) is 0 Å². The molecule has 0 radical (unpaired) electrons. The van der Waals surface area contributed by atoms with Crippen molar-refractivity contribution >= 4 is 18.3 Å². The van der Waals surface area contributed by atoms with Gasteiger partial charge in [-0.3, -0.25) is 4.79 Å². The summed E-state index contributed by atoms with van der Waals surface area (Å²) in [5.74, 6) is -0.263. The molecule has 0 saturated carbocycles. The van der Waals surface area contributed by atoms with E-state index in [1.807, 2.05) is 37.3 Å². The van der Waals surface area contributed by atoms with Gasteiger partial charge >= 0.3 is 0 Å². The third-order valence-electron chi connectivity index (χ3n) is 4.28. The highest BCUT2D eigenvalue weighted by molar-refractivity contribution is 5.85. The van der Waals surface area contributed by atoms with Crippen LogP contribution < -0.4 is 11.1 Å². The minimum Gasteiger partial charge on any atom is -0.381 e. The molecule has 2 unspecified atom stereocenters. The highest BCUT2D eigenvalue weighted by Crippen LogP contribution is 2.19. The standard InChI is InChI=1S/C18H28N2O3.ClH/c1-14(17(19)15-6-3-2-4-7-15)18(21)20-10-5-11-23-16-8-12-22-13-9-16;/h2-4,6-7,14,16-17H,5,8-13,19H2,1H3,(H,20,21);1H. The zero-order valence-corrected chi connectivity index (χ0v) is 15.1. The first-order chi connectivity index (χ1) is 11.2. The number of hydrogen-bond acceptors (Lipinski definition) is 4. The normalized spacial score (nSPS) is 17.6. The molecule has 136 valence electrons. The smallest absolute Gasteiger partial charge is 0.224 e. The molecule has 1 aromatic rings. The number of amides is 1. The van der Waals surface area contributed by atoms with Crippen molar-refractivity contribution in [3.05, 3.63) is 35.9 Å². The van der Waals surface area contributed by atoms with Crippen LogP contribution in [0.3, 0.4) is 0 Å². The van der Waals surface area contributed by atoms with Crippen molar-refractivity contribution in [1.29, 1.82) is 0 Å². The van der Waals surface area contributed by atoms with Crippen molar-refractivity contribution in [2.45, 2.75) is 38.3 Å². The molecule has 0 spiro atoms. The summed E-state index contributed by atoms with van der Waals surface area (Å²) < 4.78 is 11.1. The van der Waals surface area contributed by atoms with Crippen molar-refractivity contribution in [2.24, 2.45) is 11.7 Å². The monoisotopic (exact) mass is 356 g/mol. The van der Waals surface area contributed by atoms with E-state index in [1.54, 1.807) is 0 Å². The van der Waals surface area contributed by atoms with Gasteiger partial charge in [-0.1, -0.05) is 37.3 Å². The Morgan fingerprint density at radius 3 is 2.67 bits per heavy atom. The van der Waals surface area contributed by atoms with Crippen LogP contribution in [0.15, 0.2) is 30.3 Å². The van der Waals surface area contributed by atoms with E-state index in [4.69, 9.17) is 15.2 Å². The maximum absolute atomic E-state index is 12.2. The van der Waals surface area contributed by atoms with Gasteiger partial charge in [0.1, 0.15) is 0 Å². The van der Waals surface area contributed by atoms with E-state index in [0.29, 0.717) is 19.3 Å². The Kier molecular flexibility index (Phi) is 9.95. The van der Waals surface area contributed by atoms with Gasteiger partial charge in [0.05, 0.1) is 12.0 Å². The SMILES string of the molecule is CC(C(=O)NCCCOC1CCOCC1)C(N)c1ccccc1.Cl. The number of halogens is 1. The second kappa shape index (κ2) is 11.4. The quantitative estimate of drug-likeness (QED) is 0.702. The molecule has 2 rings (SSSR count). The zero-order chi connectivity index (χ0) is 16.5. The Hall–Kier alpha value is -1.14. The largest absolute Gasteiger partial charge is 0.381 e. The lowest BCUT2D eigenvalue weighted by Crippen LogP contribution is -2.36. The number of carbonyl (C=O) groups excluding carboxylic acids is 1. The van der Waals surface area contributed by atoms with Gasteiger partial charge < -0.3 is 20.5 Å². The lowest BCUT2D eigenvalue weighted by Gasteiger charge is -2.22. The Labute approximate surface area is 150 Å². The van der Waals surface area contributed by atoms with Gasteiger partial charge in [0.25, 0.3) is 0 Å². The molecule has 5 nitrogen and oxygen atoms in total. The van der Waals surface area contributed by atoms with Crippen molar-refractivity contribution in [1.82, 2.24) is 5.32 Å². The van der Waals surface area contributed by atoms with Gasteiger partial charge in [0, 0.05) is 32.4 Å². The number of carbonyl (C=O) groups is 1. The van der Waals surface area contributed by atoms with Gasteiger partial charge in [0.2, 0.25) is 5.91 Å². The van der Waals surface area contributed by atoms with Gasteiger partial charge in [-0.05, 0) is 24.8 Å². The molecule has 24 heavy (non-hydrogen) atoms. The van der Waals surface area contributed by atoms with Crippen molar-refractivity contribution in [2.75, 3.05) is 26.4 Å². The van der Waals surface area contributed by atoms with E-state index < -0.39 is 0 Å². The molecule has 2 atom stereocenters. The number of nitrogens with two attached hydrogens (primary N) is 1. The number of rotatable bonds is 8. The molecule has 3 N–H and O–H groups in total. The number of ether oxygens (including phenoxy) is 2. The summed E-state index contributed by atoms with van der Waals surface area (Å²) in [6, 6.07) is 9.45. The van der Waals surface area contributed by atoms with E-state index in [0.717, 1.165) is 38.0 Å². The third kappa shape index (κ3) is 6.77. The summed E-state index contributed by atoms with van der Waals surface area (Å²) in [4.78, 5) is 12.2. The molecule has 1 fully saturated rings. The van der Waals surface area contributed by atoms with Crippen LogP contribution in [0.5, 0.6) is 0 Å². The highest BCUT2D eigenvalue weighted by Gasteiger charge is 2.21. The van der Waals surface area contributed by atoms with Crippen LogP contribution in [-0.4, -0.2) is 38.4 Å². The van der Waals surface area contributed by atoms with Crippen LogP contribution in [-0.2, 0) is 14.3 Å². The Morgan fingerprint density at radius 2 is 2.00 bits per heavy atom. The van der Waals surface area contributed by atoms with Gasteiger partial charge in [-0.15, -0.1) is 12.4 Å². The molecule has 1 amide bonds. The summed E-state index contributed by atoms with van der Waals surface area (Å²) in [6.45, 7) is 4.73. The molecule has 1 saturated heterocycles. The molecule has 0 bridgehead atoms. The van der Waals surface area contributed by atoms with Crippen LogP contribution in [0.2, 0.25) is 0 Å². The van der Waals surface area contributed by atoms with Crippen molar-refractivity contribution in [3.63, 3.8) is 0 Å². The fourth-order valence-corrected chi connectivity index (χ4v) is 2.66. The third-order valence-corrected chi connectivity index (χ3v) is 4.28. The fraction of sp³-hybridized carbons (Fsp3) is 0.611. The predicted molar refractivity (Wildman–Crippen MR) is 97.2 cm³/mol. The predicted octanol–water partition coefficient (Wildman–Crippen LogP) is 2.45. The van der Waals surface area contributed by atoms with Gasteiger partial charge in [-0.25, -0.2) is 0 Å². The molecule has 1 aliphatic heterocycles. The van der Waals surface area contributed by atoms with Crippen LogP contribution in [0.4, 0.5) is 0 Å². The Morgan fingerprint density at radius 1 is 1.33 bits per heavy atom. The van der Waals surface area contributed by atoms with Gasteiger partial charge in [0.15, 0.2) is 0 Å². The lowest BCUT2D eigenvalue weighted by atomic mass is 9.95. The molecule has 6 heteroatoms. The highest BCUT2D eigenvalue weighted by atomic mass is 35.5. The second-order valence-electron chi connectivity index (χ2n) is 6.05. The minimum absolute atomic E-state index is 0. The average Bonchev–Trinajstić information content (AvgIpc) is 2.61. The Balaban J connectivity index is 0.00000288. The van der Waals surface area contributed by atoms with Crippen LogP contribution in [0.25, 0.3) is 0 Å². The molecule has 1 aromatic carbocycles. The summed E-state index contributed by atoms with van der Waals surface area (Å²) in [5.41, 5.74) is 7.15. The summed E-state index contributed by atoms with van der Waals surface area (Å²) in [6.07, 6.45) is 3.06. The van der Waals surface area contributed by atoms with E-state index in [9.17, 15) is 4.79 Å². The van der Waals surface area contributed by atoms with Crippen LogP contribution in [0.1, 0.15) is 37.8 Å². The van der Waals surface area contributed by atoms with E-state index in [-0.39, 0.29) is 30.3 Å². The maximum atomic E-state index is 12.2. The summed E-state index contributed by atoms with van der Waals surface area (Å²) in [7, 11) is 0. The van der Waals surface area contributed by atoms with E-state index in [1.165, 1.54) is 0 Å². The molecular formula is C18H29ClN2O3. The van der Waals surface area contributed by atoms with E-state index >= 15 is 0 Å². The molecule has 0 aliphatic carbocycles. The zero-order valence-electron chi connectivity index (χ0n) is 14.3. The molecule has 1 heterocycles. The second-order valence-corrected chi connectivity index (χ2v) is 6.05. The molecule has 0 aromatic heterocycles. The fourth-order valence-electron chi connectivity index (χ4n) is 2.66. The number of benzene rings is 1. The van der Waals surface area contributed by atoms with Crippen molar-refractivity contribution < 1.29 is 14.3 Å². The molecular weight excluding hydrogens is 328 g/mol. The number of nitrogens with one attached hydrogen (secondary N) is 1. The molecule has 1 aliphatic rings. The minimum atomic E-state index is -0.283. The maximum Gasteiger partial charge on any atom is 0.224 e. The lowest BCUT2D eigenvalue weighted by molar-refractivity contribution is -0.125. The topological polar surface area (TPSA) is 73.6 Å². The van der Waals surface area contributed by atoms with E-state index in [2.05, 4.69) is 5.32 Å². The average molecular weight is 357 g/mol. The first kappa shape index (κ1) is 20.9. The first-order valence-electron chi connectivity index (χ1n) is 8.46. The summed E-state index contributed by atoms with van der Waals surface area (Å²) >= 11 is 0. The summed E-state index contributed by atoms with van der Waals surface area (Å²) in [5, 5.41) is 2.95. The Bertz CT molecular complexity index is 467. The van der Waals surface area contributed by atoms with Crippen molar-refractivity contribution in [3.8, 4) is 0 Å². The van der Waals surface area contributed by atoms with Crippen LogP contribution in [0, 0.1) is 5.92 Å². The first-order valence-corrected chi connectivity index (χ1v) is 8.46. The van der Waals surface area contributed by atoms with Crippen LogP contribution >= 0.6 is 12.4 Å².